The number of carboxylic acid groups (broad SMARTS) is 1. The normalized spacial score (nSPS) is 14.6. The number of aromatic carboxylic acids is 1. The average molecular weight is 256 g/mol. The van der Waals surface area contributed by atoms with Gasteiger partial charge in [-0.1, -0.05) is 20.8 Å². The first-order chi connectivity index (χ1) is 7.93. The Morgan fingerprint density at radius 3 is 2.65 bits per heavy atom. The van der Waals surface area contributed by atoms with Crippen molar-refractivity contribution in [2.45, 2.75) is 31.8 Å². The lowest BCUT2D eigenvalue weighted by Crippen LogP contribution is -2.20. The number of nitrogens with zero attached hydrogens (tertiary/aromatic N) is 2. The molecule has 0 fully saturated rings. The first-order valence-electron chi connectivity index (χ1n) is 5.32. The number of hydrogen-bond donors (Lipinski definition) is 1. The Bertz CT molecular complexity index is 434. The van der Waals surface area contributed by atoms with E-state index in [-0.39, 0.29) is 22.5 Å². The van der Waals surface area contributed by atoms with Crippen LogP contribution in [-0.4, -0.2) is 30.5 Å². The Hall–Kier alpha value is -1.30. The van der Waals surface area contributed by atoms with Crippen LogP contribution in [0.5, 0.6) is 0 Å². The summed E-state index contributed by atoms with van der Waals surface area (Å²) in [6.07, 6.45) is 2.51. The quantitative estimate of drug-likeness (QED) is 0.862. The number of aromatic nitrogens is 2. The van der Waals surface area contributed by atoms with Crippen LogP contribution in [0.3, 0.4) is 0 Å². The third-order valence-electron chi connectivity index (χ3n) is 2.66. The Morgan fingerprint density at radius 1 is 1.47 bits per heavy atom. The van der Waals surface area contributed by atoms with Gasteiger partial charge in [0.05, 0.1) is 11.4 Å². The molecule has 1 heterocycles. The second-order valence-electron chi connectivity index (χ2n) is 4.16. The second-order valence-corrected chi connectivity index (χ2v) is 5.96. The zero-order valence-electron chi connectivity index (χ0n) is 10.1. The maximum atomic E-state index is 12.0. The standard InChI is InChI=1S/C11H16N2O3S/c1-7(2)8(3)17(16)5-10-9(11(14)15)4-12-6-13-10/h4,6-8H,5H2,1-3H3,(H,14,15). The minimum atomic E-state index is -1.13. The summed E-state index contributed by atoms with van der Waals surface area (Å²) in [5.41, 5.74) is 0.357. The fraction of sp³-hybridized carbons (Fsp3) is 0.545. The predicted octanol–water partition coefficient (Wildman–Crippen LogP) is 1.47. The SMILES string of the molecule is CC(C)C(C)S(=O)Cc1ncncc1C(=O)O. The minimum Gasteiger partial charge on any atom is -0.478 e. The van der Waals surface area contributed by atoms with Crippen molar-refractivity contribution in [3.05, 3.63) is 23.8 Å². The highest BCUT2D eigenvalue weighted by Gasteiger charge is 2.19. The summed E-state index contributed by atoms with van der Waals surface area (Å²) in [5, 5.41) is 8.95. The molecule has 0 saturated heterocycles. The van der Waals surface area contributed by atoms with Crippen molar-refractivity contribution >= 4 is 16.8 Å². The van der Waals surface area contributed by atoms with Crippen molar-refractivity contribution in [3.63, 3.8) is 0 Å². The molecule has 1 N–H and O–H groups in total. The van der Waals surface area contributed by atoms with Gasteiger partial charge in [0, 0.05) is 22.2 Å². The van der Waals surface area contributed by atoms with Crippen LogP contribution >= 0.6 is 0 Å². The Kier molecular flexibility index (Phi) is 4.74. The monoisotopic (exact) mass is 256 g/mol. The second kappa shape index (κ2) is 5.86. The largest absolute Gasteiger partial charge is 0.478 e. The smallest absolute Gasteiger partial charge is 0.339 e. The summed E-state index contributed by atoms with van der Waals surface area (Å²) < 4.78 is 12.0. The van der Waals surface area contributed by atoms with Crippen molar-refractivity contribution in [3.8, 4) is 0 Å². The molecular formula is C11H16N2O3S. The third-order valence-corrected chi connectivity index (χ3v) is 4.59. The molecular weight excluding hydrogens is 240 g/mol. The summed E-state index contributed by atoms with van der Waals surface area (Å²) >= 11 is 0. The van der Waals surface area contributed by atoms with E-state index in [4.69, 9.17) is 5.11 Å². The summed E-state index contributed by atoms with van der Waals surface area (Å²) in [5.74, 6) is -0.649. The minimum absolute atomic E-state index is 0.00612. The average Bonchev–Trinajstić information content (AvgIpc) is 2.28. The number of carbonyl (C=O) groups is 1. The van der Waals surface area contributed by atoms with Crippen LogP contribution in [-0.2, 0) is 16.6 Å². The fourth-order valence-electron chi connectivity index (χ4n) is 1.22. The van der Waals surface area contributed by atoms with E-state index < -0.39 is 16.8 Å². The molecule has 0 amide bonds. The Labute approximate surface area is 103 Å². The summed E-state index contributed by atoms with van der Waals surface area (Å²) in [7, 11) is -1.13. The van der Waals surface area contributed by atoms with Crippen molar-refractivity contribution < 1.29 is 14.1 Å². The van der Waals surface area contributed by atoms with Gasteiger partial charge in [0.1, 0.15) is 11.9 Å². The van der Waals surface area contributed by atoms with Crippen LogP contribution in [0, 0.1) is 5.92 Å². The molecule has 0 aliphatic rings. The van der Waals surface area contributed by atoms with Gasteiger partial charge >= 0.3 is 5.97 Å². The third kappa shape index (κ3) is 3.59. The van der Waals surface area contributed by atoms with E-state index in [1.807, 2.05) is 20.8 Å². The number of rotatable bonds is 5. The van der Waals surface area contributed by atoms with Crippen LogP contribution in [0.15, 0.2) is 12.5 Å². The molecule has 0 spiro atoms. The Morgan fingerprint density at radius 2 is 2.12 bits per heavy atom. The molecule has 0 aliphatic carbocycles. The molecule has 94 valence electrons. The highest BCUT2D eigenvalue weighted by Crippen LogP contribution is 2.14. The topological polar surface area (TPSA) is 80.2 Å². The van der Waals surface area contributed by atoms with E-state index in [9.17, 15) is 9.00 Å². The summed E-state index contributed by atoms with van der Waals surface area (Å²) in [4.78, 5) is 18.5. The molecule has 0 aliphatic heterocycles. The molecule has 17 heavy (non-hydrogen) atoms. The molecule has 2 unspecified atom stereocenters. The molecule has 1 aromatic heterocycles. The van der Waals surface area contributed by atoms with Crippen LogP contribution < -0.4 is 0 Å². The predicted molar refractivity (Wildman–Crippen MR) is 65.1 cm³/mol. The molecule has 1 aromatic rings. The van der Waals surface area contributed by atoms with Gasteiger partial charge in [0.2, 0.25) is 0 Å². The molecule has 0 aromatic carbocycles. The van der Waals surface area contributed by atoms with Crippen molar-refractivity contribution in [2.24, 2.45) is 5.92 Å². The lowest BCUT2D eigenvalue weighted by atomic mass is 10.2. The first-order valence-corrected chi connectivity index (χ1v) is 6.71. The maximum absolute atomic E-state index is 12.0. The van der Waals surface area contributed by atoms with E-state index in [1.165, 1.54) is 12.5 Å². The lowest BCUT2D eigenvalue weighted by molar-refractivity contribution is 0.0695. The molecule has 0 saturated carbocycles. The fourth-order valence-corrected chi connectivity index (χ4v) is 2.59. The van der Waals surface area contributed by atoms with Gasteiger partial charge in [-0.2, -0.15) is 0 Å². The number of hydrogen-bond acceptors (Lipinski definition) is 4. The van der Waals surface area contributed by atoms with Gasteiger partial charge in [-0.05, 0) is 5.92 Å². The zero-order chi connectivity index (χ0) is 13.0. The molecule has 0 radical (unpaired) electrons. The van der Waals surface area contributed by atoms with Crippen LogP contribution in [0.1, 0.15) is 36.8 Å². The van der Waals surface area contributed by atoms with Crippen LogP contribution in [0.25, 0.3) is 0 Å². The van der Waals surface area contributed by atoms with Gasteiger partial charge in [0.15, 0.2) is 0 Å². The first kappa shape index (κ1) is 13.8. The van der Waals surface area contributed by atoms with Crippen molar-refractivity contribution in [1.29, 1.82) is 0 Å². The zero-order valence-corrected chi connectivity index (χ0v) is 10.9. The van der Waals surface area contributed by atoms with E-state index in [0.29, 0.717) is 5.69 Å². The molecule has 1 rings (SSSR count). The molecule has 2 atom stereocenters. The van der Waals surface area contributed by atoms with Gasteiger partial charge < -0.3 is 5.11 Å². The summed E-state index contributed by atoms with van der Waals surface area (Å²) in [6, 6.07) is 0. The van der Waals surface area contributed by atoms with E-state index in [0.717, 1.165) is 0 Å². The summed E-state index contributed by atoms with van der Waals surface area (Å²) in [6.45, 7) is 5.86. The van der Waals surface area contributed by atoms with E-state index in [1.54, 1.807) is 0 Å². The van der Waals surface area contributed by atoms with E-state index in [2.05, 4.69) is 9.97 Å². The van der Waals surface area contributed by atoms with E-state index >= 15 is 0 Å². The molecule has 0 bridgehead atoms. The Balaban J connectivity index is 2.89. The lowest BCUT2D eigenvalue weighted by Gasteiger charge is -2.15. The molecule has 6 heteroatoms. The highest BCUT2D eigenvalue weighted by molar-refractivity contribution is 7.84. The van der Waals surface area contributed by atoms with Gasteiger partial charge in [0.25, 0.3) is 0 Å². The number of carboxylic acids is 1. The van der Waals surface area contributed by atoms with Gasteiger partial charge in [-0.15, -0.1) is 0 Å². The van der Waals surface area contributed by atoms with Crippen LogP contribution in [0.2, 0.25) is 0 Å². The maximum Gasteiger partial charge on any atom is 0.339 e. The van der Waals surface area contributed by atoms with Gasteiger partial charge in [-0.25, -0.2) is 14.8 Å². The van der Waals surface area contributed by atoms with Crippen molar-refractivity contribution in [2.75, 3.05) is 0 Å². The van der Waals surface area contributed by atoms with Crippen LogP contribution in [0.4, 0.5) is 0 Å². The van der Waals surface area contributed by atoms with Gasteiger partial charge in [-0.3, -0.25) is 4.21 Å². The highest BCUT2D eigenvalue weighted by atomic mass is 32.2. The van der Waals surface area contributed by atoms with Crippen molar-refractivity contribution in [1.82, 2.24) is 9.97 Å². The molecule has 5 nitrogen and oxygen atoms in total.